The Hall–Kier alpha value is -0.900. The second-order valence-corrected chi connectivity index (χ2v) is 6.31. The molecular formula is C15H17ClFNS. The van der Waals surface area contributed by atoms with Gasteiger partial charge in [0.1, 0.15) is 5.82 Å². The van der Waals surface area contributed by atoms with Gasteiger partial charge in [0.05, 0.1) is 10.4 Å². The second kappa shape index (κ2) is 6.04. The zero-order valence-electron chi connectivity index (χ0n) is 11.3. The Bertz CT molecular complexity index is 560. The van der Waals surface area contributed by atoms with E-state index in [-0.39, 0.29) is 11.9 Å². The molecule has 1 aromatic heterocycles. The molecule has 4 heteroatoms. The minimum absolute atomic E-state index is 0.137. The average Bonchev–Trinajstić information content (AvgIpc) is 2.67. The number of halogens is 2. The number of rotatable bonds is 4. The molecule has 1 N–H and O–H groups in total. The lowest BCUT2D eigenvalue weighted by Gasteiger charge is -2.18. The van der Waals surface area contributed by atoms with Crippen LogP contribution in [0, 0.1) is 19.7 Å². The molecule has 0 saturated heterocycles. The van der Waals surface area contributed by atoms with Crippen LogP contribution in [0.15, 0.2) is 24.3 Å². The van der Waals surface area contributed by atoms with Gasteiger partial charge >= 0.3 is 0 Å². The molecule has 0 aliphatic carbocycles. The lowest BCUT2D eigenvalue weighted by Crippen LogP contribution is -2.22. The fourth-order valence-electron chi connectivity index (χ4n) is 2.06. The molecule has 102 valence electrons. The number of aryl methyl sites for hydroxylation is 2. The number of nitrogens with one attached hydrogen (secondary N) is 1. The van der Waals surface area contributed by atoms with E-state index in [9.17, 15) is 4.39 Å². The van der Waals surface area contributed by atoms with E-state index in [1.165, 1.54) is 11.3 Å². The van der Waals surface area contributed by atoms with Gasteiger partial charge in [0.15, 0.2) is 0 Å². The van der Waals surface area contributed by atoms with Crippen molar-refractivity contribution in [2.75, 3.05) is 6.54 Å². The second-order valence-electron chi connectivity index (χ2n) is 4.62. The first-order valence-electron chi connectivity index (χ1n) is 6.28. The van der Waals surface area contributed by atoms with Crippen LogP contribution < -0.4 is 5.32 Å². The first kappa shape index (κ1) is 14.5. The Morgan fingerprint density at radius 1 is 1.32 bits per heavy atom. The normalized spacial score (nSPS) is 12.7. The van der Waals surface area contributed by atoms with Gasteiger partial charge in [-0.1, -0.05) is 30.7 Å². The molecular weight excluding hydrogens is 281 g/mol. The number of hydrogen-bond acceptors (Lipinski definition) is 2. The van der Waals surface area contributed by atoms with Gasteiger partial charge in [0.25, 0.3) is 0 Å². The molecule has 0 amide bonds. The molecule has 0 saturated carbocycles. The summed E-state index contributed by atoms with van der Waals surface area (Å²) in [6, 6.07) is 7.24. The van der Waals surface area contributed by atoms with Crippen molar-refractivity contribution in [1.29, 1.82) is 0 Å². The third-order valence-corrected chi connectivity index (χ3v) is 4.66. The molecule has 0 radical (unpaired) electrons. The van der Waals surface area contributed by atoms with E-state index in [2.05, 4.69) is 5.32 Å². The van der Waals surface area contributed by atoms with Crippen LogP contribution in [0.3, 0.4) is 0 Å². The number of benzene rings is 1. The van der Waals surface area contributed by atoms with E-state index in [4.69, 9.17) is 11.6 Å². The van der Waals surface area contributed by atoms with Crippen molar-refractivity contribution in [2.24, 2.45) is 0 Å². The van der Waals surface area contributed by atoms with E-state index in [0.717, 1.165) is 26.9 Å². The Kier molecular flexibility index (Phi) is 4.61. The molecule has 2 aromatic rings. The highest BCUT2D eigenvalue weighted by molar-refractivity contribution is 7.16. The Balaban J connectivity index is 2.44. The van der Waals surface area contributed by atoms with Crippen LogP contribution in [0.5, 0.6) is 0 Å². The van der Waals surface area contributed by atoms with Gasteiger partial charge in [0.2, 0.25) is 0 Å². The highest BCUT2D eigenvalue weighted by Gasteiger charge is 2.19. The number of hydrogen-bond donors (Lipinski definition) is 1. The van der Waals surface area contributed by atoms with Crippen molar-refractivity contribution in [3.8, 4) is 0 Å². The predicted octanol–water partition coefficient (Wildman–Crippen LogP) is 4.86. The molecule has 1 nitrogen and oxygen atoms in total. The standard InChI is InChI=1S/C15H17ClFNS/c1-4-18-14(13-8-10(3)15(16)19-13)11-6-5-9(2)7-12(11)17/h5-8,14,18H,4H2,1-3H3. The summed E-state index contributed by atoms with van der Waals surface area (Å²) in [6.45, 7) is 6.64. The highest BCUT2D eigenvalue weighted by atomic mass is 35.5. The molecule has 0 fully saturated rings. The van der Waals surface area contributed by atoms with Crippen LogP contribution in [-0.4, -0.2) is 6.54 Å². The Morgan fingerprint density at radius 3 is 2.58 bits per heavy atom. The van der Waals surface area contributed by atoms with Crippen LogP contribution in [0.2, 0.25) is 4.34 Å². The van der Waals surface area contributed by atoms with Crippen LogP contribution in [0.1, 0.15) is 34.5 Å². The zero-order valence-corrected chi connectivity index (χ0v) is 12.8. The topological polar surface area (TPSA) is 12.0 Å². The molecule has 0 spiro atoms. The summed E-state index contributed by atoms with van der Waals surface area (Å²) < 4.78 is 14.9. The van der Waals surface area contributed by atoms with Crippen molar-refractivity contribution in [1.82, 2.24) is 5.32 Å². The smallest absolute Gasteiger partial charge is 0.128 e. The lowest BCUT2D eigenvalue weighted by molar-refractivity contribution is 0.562. The largest absolute Gasteiger partial charge is 0.306 e. The maximum absolute atomic E-state index is 14.1. The van der Waals surface area contributed by atoms with Gasteiger partial charge in [-0.25, -0.2) is 4.39 Å². The summed E-state index contributed by atoms with van der Waals surface area (Å²) in [4.78, 5) is 1.05. The molecule has 0 aliphatic heterocycles. The van der Waals surface area contributed by atoms with Gasteiger partial charge in [-0.3, -0.25) is 0 Å². The van der Waals surface area contributed by atoms with Gasteiger partial charge in [0, 0.05) is 10.4 Å². The number of thiophene rings is 1. The predicted molar refractivity (Wildman–Crippen MR) is 80.7 cm³/mol. The molecule has 0 aliphatic rings. The fraction of sp³-hybridized carbons (Fsp3) is 0.333. The third kappa shape index (κ3) is 3.16. The Labute approximate surface area is 122 Å². The maximum Gasteiger partial charge on any atom is 0.128 e. The van der Waals surface area contributed by atoms with E-state index >= 15 is 0 Å². The molecule has 0 bridgehead atoms. The molecule has 1 heterocycles. The van der Waals surface area contributed by atoms with E-state index in [1.54, 1.807) is 6.07 Å². The minimum atomic E-state index is -0.173. The highest BCUT2D eigenvalue weighted by Crippen LogP contribution is 2.35. The SMILES string of the molecule is CCNC(c1cc(C)c(Cl)s1)c1ccc(C)cc1F. The first-order valence-corrected chi connectivity index (χ1v) is 7.47. The van der Waals surface area contributed by atoms with Crippen LogP contribution in [-0.2, 0) is 0 Å². The quantitative estimate of drug-likeness (QED) is 0.850. The van der Waals surface area contributed by atoms with Gasteiger partial charge < -0.3 is 5.32 Å². The van der Waals surface area contributed by atoms with Crippen LogP contribution in [0.25, 0.3) is 0 Å². The zero-order chi connectivity index (χ0) is 14.0. The summed E-state index contributed by atoms with van der Waals surface area (Å²) in [6.07, 6.45) is 0. The molecule has 2 rings (SSSR count). The van der Waals surface area contributed by atoms with Gasteiger partial charge in [-0.05, 0) is 43.7 Å². The lowest BCUT2D eigenvalue weighted by atomic mass is 10.0. The molecule has 1 aromatic carbocycles. The summed E-state index contributed by atoms with van der Waals surface area (Å²) >= 11 is 7.63. The minimum Gasteiger partial charge on any atom is -0.306 e. The van der Waals surface area contributed by atoms with Crippen LogP contribution in [0.4, 0.5) is 4.39 Å². The van der Waals surface area contributed by atoms with Gasteiger partial charge in [-0.15, -0.1) is 11.3 Å². The van der Waals surface area contributed by atoms with E-state index < -0.39 is 0 Å². The van der Waals surface area contributed by atoms with Crippen molar-refractivity contribution >= 4 is 22.9 Å². The summed E-state index contributed by atoms with van der Waals surface area (Å²) in [5.41, 5.74) is 2.64. The summed E-state index contributed by atoms with van der Waals surface area (Å²) in [7, 11) is 0. The average molecular weight is 298 g/mol. The van der Waals surface area contributed by atoms with Crippen molar-refractivity contribution in [3.63, 3.8) is 0 Å². The van der Waals surface area contributed by atoms with E-state index in [0.29, 0.717) is 5.56 Å². The van der Waals surface area contributed by atoms with Gasteiger partial charge in [-0.2, -0.15) is 0 Å². The molecule has 1 unspecified atom stereocenters. The Morgan fingerprint density at radius 2 is 2.05 bits per heavy atom. The summed E-state index contributed by atoms with van der Waals surface area (Å²) in [5, 5.41) is 3.33. The van der Waals surface area contributed by atoms with E-state index in [1.807, 2.05) is 39.0 Å². The third-order valence-electron chi connectivity index (χ3n) is 3.04. The van der Waals surface area contributed by atoms with Crippen molar-refractivity contribution < 1.29 is 4.39 Å². The molecule has 19 heavy (non-hydrogen) atoms. The molecule has 1 atom stereocenters. The first-order chi connectivity index (χ1) is 9.02. The van der Waals surface area contributed by atoms with Crippen LogP contribution >= 0.6 is 22.9 Å². The van der Waals surface area contributed by atoms with Crippen molar-refractivity contribution in [3.05, 3.63) is 56.0 Å². The fourth-order valence-corrected chi connectivity index (χ4v) is 3.37. The summed E-state index contributed by atoms with van der Waals surface area (Å²) in [5.74, 6) is -0.173. The van der Waals surface area contributed by atoms with Crippen molar-refractivity contribution in [2.45, 2.75) is 26.8 Å². The monoisotopic (exact) mass is 297 g/mol. The maximum atomic E-state index is 14.1.